The number of nitrogens with zero attached hydrogens (tertiary/aromatic N) is 1. The van der Waals surface area contributed by atoms with E-state index < -0.39 is 5.91 Å². The Hall–Kier alpha value is -2.50. The Morgan fingerprint density at radius 1 is 1.39 bits per heavy atom. The van der Waals surface area contributed by atoms with Crippen LogP contribution in [0.5, 0.6) is 11.5 Å². The zero-order valence-corrected chi connectivity index (χ0v) is 9.77. The molecule has 0 spiro atoms. The van der Waals surface area contributed by atoms with Crippen molar-refractivity contribution in [2.75, 3.05) is 5.32 Å². The summed E-state index contributed by atoms with van der Waals surface area (Å²) in [5.41, 5.74) is 0.981. The fourth-order valence-corrected chi connectivity index (χ4v) is 1.50. The molecule has 0 aliphatic carbocycles. The standard InChI is InChI=1S/C12H13N3O3/c1-2-7-5-11(15-14-7)13-12(18)9-4-3-8(16)6-10(9)17/h3-6,16-17H,2H2,1H3,(H2,13,14,15,18). The number of benzene rings is 1. The maximum Gasteiger partial charge on any atom is 0.260 e. The van der Waals surface area contributed by atoms with Crippen LogP contribution in [0, 0.1) is 0 Å². The van der Waals surface area contributed by atoms with Gasteiger partial charge in [0, 0.05) is 17.8 Å². The molecule has 4 N–H and O–H groups in total. The average Bonchev–Trinajstić information content (AvgIpc) is 2.76. The van der Waals surface area contributed by atoms with Gasteiger partial charge in [-0.15, -0.1) is 0 Å². The van der Waals surface area contributed by atoms with Crippen molar-refractivity contribution in [3.8, 4) is 11.5 Å². The first-order valence-corrected chi connectivity index (χ1v) is 5.47. The van der Waals surface area contributed by atoms with Gasteiger partial charge in [0.25, 0.3) is 5.91 Å². The third-order valence-electron chi connectivity index (χ3n) is 2.48. The number of aromatic hydroxyl groups is 2. The number of aryl methyl sites for hydroxylation is 1. The number of aromatic nitrogens is 2. The molecular weight excluding hydrogens is 234 g/mol. The van der Waals surface area contributed by atoms with Crippen molar-refractivity contribution < 1.29 is 15.0 Å². The lowest BCUT2D eigenvalue weighted by molar-refractivity contribution is 0.102. The van der Waals surface area contributed by atoms with E-state index in [1.54, 1.807) is 6.07 Å². The van der Waals surface area contributed by atoms with E-state index >= 15 is 0 Å². The molecule has 2 rings (SSSR count). The molecular formula is C12H13N3O3. The highest BCUT2D eigenvalue weighted by molar-refractivity contribution is 6.05. The minimum atomic E-state index is -0.485. The number of hydrogen-bond acceptors (Lipinski definition) is 4. The first-order chi connectivity index (χ1) is 8.60. The Bertz CT molecular complexity index is 578. The number of H-pyrrole nitrogens is 1. The number of aromatic amines is 1. The zero-order valence-electron chi connectivity index (χ0n) is 9.77. The van der Waals surface area contributed by atoms with Gasteiger partial charge in [-0.05, 0) is 18.6 Å². The largest absolute Gasteiger partial charge is 0.508 e. The van der Waals surface area contributed by atoms with Crippen molar-refractivity contribution in [3.63, 3.8) is 0 Å². The minimum absolute atomic E-state index is 0.0776. The summed E-state index contributed by atoms with van der Waals surface area (Å²) in [6, 6.07) is 5.50. The number of anilines is 1. The number of amides is 1. The molecule has 1 amide bonds. The van der Waals surface area contributed by atoms with E-state index in [9.17, 15) is 9.90 Å². The van der Waals surface area contributed by atoms with E-state index in [0.29, 0.717) is 5.82 Å². The van der Waals surface area contributed by atoms with Crippen LogP contribution in [0.2, 0.25) is 0 Å². The van der Waals surface area contributed by atoms with Crippen molar-refractivity contribution in [2.24, 2.45) is 0 Å². The average molecular weight is 247 g/mol. The zero-order chi connectivity index (χ0) is 13.1. The lowest BCUT2D eigenvalue weighted by Gasteiger charge is -2.04. The topological polar surface area (TPSA) is 98.2 Å². The van der Waals surface area contributed by atoms with Crippen LogP contribution in [0.25, 0.3) is 0 Å². The van der Waals surface area contributed by atoms with E-state index in [0.717, 1.165) is 18.2 Å². The van der Waals surface area contributed by atoms with Crippen molar-refractivity contribution in [1.82, 2.24) is 10.2 Å². The van der Waals surface area contributed by atoms with Crippen LogP contribution in [0.4, 0.5) is 5.82 Å². The highest BCUT2D eigenvalue weighted by Gasteiger charge is 2.13. The molecule has 18 heavy (non-hydrogen) atoms. The van der Waals surface area contributed by atoms with E-state index in [1.165, 1.54) is 12.1 Å². The monoisotopic (exact) mass is 247 g/mol. The number of rotatable bonds is 3. The molecule has 2 aromatic rings. The van der Waals surface area contributed by atoms with Gasteiger partial charge in [-0.3, -0.25) is 9.89 Å². The molecule has 1 aromatic carbocycles. The highest BCUT2D eigenvalue weighted by atomic mass is 16.3. The quantitative estimate of drug-likeness (QED) is 0.662. The van der Waals surface area contributed by atoms with Crippen LogP contribution < -0.4 is 5.32 Å². The summed E-state index contributed by atoms with van der Waals surface area (Å²) in [7, 11) is 0. The van der Waals surface area contributed by atoms with E-state index in [1.807, 2.05) is 6.92 Å². The second-order valence-corrected chi connectivity index (χ2v) is 3.79. The lowest BCUT2D eigenvalue weighted by atomic mass is 10.2. The SMILES string of the molecule is CCc1cc(NC(=O)c2ccc(O)cc2O)n[nH]1. The predicted molar refractivity (Wildman–Crippen MR) is 65.7 cm³/mol. The van der Waals surface area contributed by atoms with Gasteiger partial charge in [-0.1, -0.05) is 6.92 Å². The summed E-state index contributed by atoms with van der Waals surface area (Å²) in [5.74, 6) is -0.471. The number of phenols is 2. The maximum absolute atomic E-state index is 11.8. The van der Waals surface area contributed by atoms with Gasteiger partial charge in [0.15, 0.2) is 5.82 Å². The summed E-state index contributed by atoms with van der Waals surface area (Å²) < 4.78 is 0. The Morgan fingerprint density at radius 3 is 2.78 bits per heavy atom. The third-order valence-corrected chi connectivity index (χ3v) is 2.48. The van der Waals surface area contributed by atoms with Crippen molar-refractivity contribution in [2.45, 2.75) is 13.3 Å². The number of carbonyl (C=O) groups is 1. The van der Waals surface area contributed by atoms with Gasteiger partial charge in [0.05, 0.1) is 5.56 Å². The number of hydrogen-bond donors (Lipinski definition) is 4. The second kappa shape index (κ2) is 4.79. The van der Waals surface area contributed by atoms with E-state index in [4.69, 9.17) is 5.11 Å². The maximum atomic E-state index is 11.8. The molecule has 0 atom stereocenters. The number of nitrogens with one attached hydrogen (secondary N) is 2. The summed E-state index contributed by atoms with van der Waals surface area (Å²) in [4.78, 5) is 11.8. The molecule has 6 heteroatoms. The Kier molecular flexibility index (Phi) is 3.18. The van der Waals surface area contributed by atoms with Crippen LogP contribution in [-0.4, -0.2) is 26.3 Å². The van der Waals surface area contributed by atoms with Crippen molar-refractivity contribution >= 4 is 11.7 Å². The van der Waals surface area contributed by atoms with Crippen LogP contribution in [0.15, 0.2) is 24.3 Å². The van der Waals surface area contributed by atoms with Crippen LogP contribution in [0.1, 0.15) is 23.0 Å². The summed E-state index contributed by atoms with van der Waals surface area (Å²) in [6.07, 6.45) is 0.785. The fraction of sp³-hybridized carbons (Fsp3) is 0.167. The number of phenolic OH excluding ortho intramolecular Hbond substituents is 2. The fourth-order valence-electron chi connectivity index (χ4n) is 1.50. The molecule has 0 aliphatic rings. The molecule has 0 radical (unpaired) electrons. The Labute approximate surface area is 103 Å². The molecule has 0 bridgehead atoms. The van der Waals surface area contributed by atoms with E-state index in [2.05, 4.69) is 15.5 Å². The molecule has 0 saturated heterocycles. The van der Waals surface area contributed by atoms with Gasteiger partial charge in [0.1, 0.15) is 11.5 Å². The Morgan fingerprint density at radius 2 is 2.17 bits per heavy atom. The summed E-state index contributed by atoms with van der Waals surface area (Å²) in [5, 5.41) is 27.9. The Balaban J connectivity index is 2.16. The van der Waals surface area contributed by atoms with Crippen molar-refractivity contribution in [3.05, 3.63) is 35.5 Å². The summed E-state index contributed by atoms with van der Waals surface area (Å²) >= 11 is 0. The third kappa shape index (κ3) is 2.42. The number of carbonyl (C=O) groups excluding carboxylic acids is 1. The van der Waals surface area contributed by atoms with Gasteiger partial charge in [0.2, 0.25) is 0 Å². The first-order valence-electron chi connectivity index (χ1n) is 5.47. The minimum Gasteiger partial charge on any atom is -0.508 e. The summed E-state index contributed by atoms with van der Waals surface area (Å²) in [6.45, 7) is 1.96. The smallest absolute Gasteiger partial charge is 0.260 e. The highest BCUT2D eigenvalue weighted by Crippen LogP contribution is 2.23. The van der Waals surface area contributed by atoms with Gasteiger partial charge >= 0.3 is 0 Å². The van der Waals surface area contributed by atoms with Gasteiger partial charge in [-0.2, -0.15) is 5.10 Å². The second-order valence-electron chi connectivity index (χ2n) is 3.79. The first kappa shape index (κ1) is 12.0. The lowest BCUT2D eigenvalue weighted by Crippen LogP contribution is -2.12. The molecule has 1 heterocycles. The molecule has 94 valence electrons. The van der Waals surface area contributed by atoms with Crippen LogP contribution in [-0.2, 0) is 6.42 Å². The molecule has 0 fully saturated rings. The van der Waals surface area contributed by atoms with Crippen LogP contribution in [0.3, 0.4) is 0 Å². The van der Waals surface area contributed by atoms with E-state index in [-0.39, 0.29) is 17.1 Å². The molecule has 0 saturated carbocycles. The van der Waals surface area contributed by atoms with Gasteiger partial charge < -0.3 is 15.5 Å². The van der Waals surface area contributed by atoms with Crippen LogP contribution >= 0.6 is 0 Å². The van der Waals surface area contributed by atoms with Crippen molar-refractivity contribution in [1.29, 1.82) is 0 Å². The molecule has 1 aromatic heterocycles. The van der Waals surface area contributed by atoms with Gasteiger partial charge in [-0.25, -0.2) is 0 Å². The normalized spacial score (nSPS) is 10.3. The predicted octanol–water partition coefficient (Wildman–Crippen LogP) is 1.64. The molecule has 0 unspecified atom stereocenters. The molecule has 6 nitrogen and oxygen atoms in total. The molecule has 0 aliphatic heterocycles.